The molecular formula is C19H14FN5. The smallest absolute Gasteiger partial charge is 0.238 e. The lowest BCUT2D eigenvalue weighted by Crippen LogP contribution is -2.11. The van der Waals surface area contributed by atoms with E-state index in [0.29, 0.717) is 0 Å². The zero-order chi connectivity index (χ0) is 17.0. The Bertz CT molecular complexity index is 1120. The molecule has 122 valence electrons. The molecule has 5 nitrogen and oxygen atoms in total. The van der Waals surface area contributed by atoms with Crippen molar-refractivity contribution in [3.05, 3.63) is 77.7 Å². The van der Waals surface area contributed by atoms with Crippen LogP contribution in [0.2, 0.25) is 0 Å². The van der Waals surface area contributed by atoms with E-state index >= 15 is 0 Å². The molecule has 2 aromatic carbocycles. The molecule has 1 aliphatic rings. The standard InChI is InChI=1S/C19H14FN5/c20-12-5-3-4-11(10-12)16-14-8-9-25-18(14)17(23-19(21)24-25)13-6-1-2-7-15(13)22-16/h1-10,16,22H,(H2,21,24). The molecule has 3 N–H and O–H groups in total. The van der Waals surface area contributed by atoms with Crippen LogP contribution in [0.5, 0.6) is 0 Å². The average molecular weight is 331 g/mol. The van der Waals surface area contributed by atoms with Crippen molar-refractivity contribution < 1.29 is 4.39 Å². The number of benzene rings is 2. The molecule has 5 rings (SSSR count). The first-order chi connectivity index (χ1) is 12.2. The van der Waals surface area contributed by atoms with Crippen molar-refractivity contribution in [2.24, 2.45) is 0 Å². The first-order valence-corrected chi connectivity index (χ1v) is 7.97. The van der Waals surface area contributed by atoms with E-state index in [1.165, 1.54) is 6.07 Å². The van der Waals surface area contributed by atoms with Crippen LogP contribution in [0.15, 0.2) is 60.8 Å². The topological polar surface area (TPSA) is 68.2 Å². The number of rotatable bonds is 1. The predicted octanol–water partition coefficient (Wildman–Crippen LogP) is 3.63. The lowest BCUT2D eigenvalue weighted by molar-refractivity contribution is 0.624. The van der Waals surface area contributed by atoms with E-state index in [4.69, 9.17) is 5.73 Å². The van der Waals surface area contributed by atoms with E-state index in [-0.39, 0.29) is 17.8 Å². The first kappa shape index (κ1) is 14.0. The lowest BCUT2D eigenvalue weighted by Gasteiger charge is -2.19. The molecule has 2 aromatic heterocycles. The fourth-order valence-corrected chi connectivity index (χ4v) is 3.48. The highest BCUT2D eigenvalue weighted by Crippen LogP contribution is 2.41. The number of fused-ring (bicyclic) bond motifs is 2. The van der Waals surface area contributed by atoms with Gasteiger partial charge in [-0.1, -0.05) is 30.3 Å². The van der Waals surface area contributed by atoms with Gasteiger partial charge >= 0.3 is 0 Å². The number of nitrogens with one attached hydrogen (secondary N) is 1. The molecule has 1 aliphatic heterocycles. The number of halogens is 1. The minimum Gasteiger partial charge on any atom is -0.374 e. The molecule has 0 spiro atoms. The summed E-state index contributed by atoms with van der Waals surface area (Å²) >= 11 is 0. The first-order valence-electron chi connectivity index (χ1n) is 7.97. The molecule has 0 saturated carbocycles. The molecule has 1 unspecified atom stereocenters. The number of nitrogen functional groups attached to an aromatic ring is 1. The molecule has 0 amide bonds. The van der Waals surface area contributed by atoms with Crippen LogP contribution in [0, 0.1) is 5.82 Å². The van der Waals surface area contributed by atoms with Crippen LogP contribution in [-0.4, -0.2) is 14.6 Å². The summed E-state index contributed by atoms with van der Waals surface area (Å²) in [4.78, 5) is 4.48. The maximum Gasteiger partial charge on any atom is 0.238 e. The van der Waals surface area contributed by atoms with Crippen LogP contribution in [0.3, 0.4) is 0 Å². The van der Waals surface area contributed by atoms with Crippen molar-refractivity contribution in [1.82, 2.24) is 14.6 Å². The third-order valence-corrected chi connectivity index (χ3v) is 4.53. The van der Waals surface area contributed by atoms with E-state index in [1.807, 2.05) is 42.6 Å². The highest BCUT2D eigenvalue weighted by Gasteiger charge is 2.27. The Morgan fingerprint density at radius 1 is 1.08 bits per heavy atom. The van der Waals surface area contributed by atoms with Gasteiger partial charge in [-0.15, -0.1) is 5.10 Å². The van der Waals surface area contributed by atoms with Crippen molar-refractivity contribution in [2.75, 3.05) is 11.1 Å². The van der Waals surface area contributed by atoms with Crippen LogP contribution in [0.4, 0.5) is 16.0 Å². The summed E-state index contributed by atoms with van der Waals surface area (Å²) in [6.45, 7) is 0. The molecule has 6 heteroatoms. The van der Waals surface area contributed by atoms with Crippen LogP contribution >= 0.6 is 0 Å². The summed E-state index contributed by atoms with van der Waals surface area (Å²) in [6, 6.07) is 16.3. The normalized spacial score (nSPS) is 15.5. The van der Waals surface area contributed by atoms with Crippen molar-refractivity contribution in [1.29, 1.82) is 0 Å². The number of hydrogen-bond donors (Lipinski definition) is 2. The lowest BCUT2D eigenvalue weighted by atomic mass is 9.99. The molecule has 0 saturated heterocycles. The van der Waals surface area contributed by atoms with Crippen molar-refractivity contribution in [2.45, 2.75) is 6.04 Å². The van der Waals surface area contributed by atoms with Crippen LogP contribution in [0.1, 0.15) is 17.2 Å². The van der Waals surface area contributed by atoms with Crippen LogP contribution in [0.25, 0.3) is 16.8 Å². The Morgan fingerprint density at radius 2 is 1.96 bits per heavy atom. The Labute approximate surface area is 142 Å². The molecule has 25 heavy (non-hydrogen) atoms. The number of hydrogen-bond acceptors (Lipinski definition) is 4. The van der Waals surface area contributed by atoms with Crippen molar-refractivity contribution in [3.63, 3.8) is 0 Å². The molecular weight excluding hydrogens is 317 g/mol. The van der Waals surface area contributed by atoms with Gasteiger partial charge in [-0.05, 0) is 29.8 Å². The third kappa shape index (κ3) is 2.07. The number of para-hydroxylation sites is 1. The van der Waals surface area contributed by atoms with E-state index in [1.54, 1.807) is 16.6 Å². The maximum atomic E-state index is 13.8. The number of anilines is 2. The number of nitrogens with zero attached hydrogens (tertiary/aromatic N) is 3. The molecule has 4 aromatic rings. The summed E-state index contributed by atoms with van der Waals surface area (Å²) in [5, 5.41) is 7.81. The second-order valence-corrected chi connectivity index (χ2v) is 6.06. The van der Waals surface area contributed by atoms with Crippen molar-refractivity contribution in [3.8, 4) is 11.3 Å². The highest BCUT2D eigenvalue weighted by molar-refractivity contribution is 5.90. The van der Waals surface area contributed by atoms with E-state index in [0.717, 1.165) is 33.6 Å². The summed E-state index contributed by atoms with van der Waals surface area (Å²) in [7, 11) is 0. The predicted molar refractivity (Wildman–Crippen MR) is 94.7 cm³/mol. The monoisotopic (exact) mass is 331 g/mol. The summed E-state index contributed by atoms with van der Waals surface area (Å²) in [5.74, 6) is -0.0512. The molecule has 0 aliphatic carbocycles. The van der Waals surface area contributed by atoms with Gasteiger partial charge in [-0.3, -0.25) is 0 Å². The maximum absolute atomic E-state index is 13.8. The zero-order valence-electron chi connectivity index (χ0n) is 13.1. The van der Waals surface area contributed by atoms with Gasteiger partial charge in [0.2, 0.25) is 5.95 Å². The summed E-state index contributed by atoms with van der Waals surface area (Å²) in [6.07, 6.45) is 1.86. The zero-order valence-corrected chi connectivity index (χ0v) is 13.1. The molecule has 3 heterocycles. The van der Waals surface area contributed by atoms with Gasteiger partial charge in [-0.25, -0.2) is 13.9 Å². The molecule has 0 radical (unpaired) electrons. The Balaban J connectivity index is 1.86. The SMILES string of the molecule is Nc1nc2c3c(ccn3n1)C(c1cccc(F)c1)Nc1ccccc1-2. The van der Waals surface area contributed by atoms with E-state index in [2.05, 4.69) is 15.4 Å². The van der Waals surface area contributed by atoms with E-state index < -0.39 is 0 Å². The van der Waals surface area contributed by atoms with Gasteiger partial charge in [0.15, 0.2) is 0 Å². The van der Waals surface area contributed by atoms with E-state index in [9.17, 15) is 4.39 Å². The number of nitrogens with two attached hydrogens (primary N) is 1. The van der Waals surface area contributed by atoms with Crippen molar-refractivity contribution >= 4 is 17.2 Å². The fourth-order valence-electron chi connectivity index (χ4n) is 3.48. The number of aromatic nitrogens is 3. The Morgan fingerprint density at radius 3 is 2.84 bits per heavy atom. The largest absolute Gasteiger partial charge is 0.374 e. The summed E-state index contributed by atoms with van der Waals surface area (Å²) in [5.41, 5.74) is 11.2. The van der Waals surface area contributed by atoms with Gasteiger partial charge in [-0.2, -0.15) is 0 Å². The second-order valence-electron chi connectivity index (χ2n) is 6.06. The van der Waals surface area contributed by atoms with Gasteiger partial charge in [0, 0.05) is 23.0 Å². The Kier molecular flexibility index (Phi) is 2.82. The van der Waals surface area contributed by atoms with Gasteiger partial charge in [0.25, 0.3) is 0 Å². The third-order valence-electron chi connectivity index (χ3n) is 4.53. The fraction of sp³-hybridized carbons (Fsp3) is 0.0526. The van der Waals surface area contributed by atoms with Crippen LogP contribution < -0.4 is 11.1 Å². The van der Waals surface area contributed by atoms with Gasteiger partial charge in [0.05, 0.1) is 11.6 Å². The highest BCUT2D eigenvalue weighted by atomic mass is 19.1. The molecule has 0 bridgehead atoms. The quantitative estimate of drug-likeness (QED) is 0.559. The molecule has 0 fully saturated rings. The minimum absolute atomic E-state index is 0.212. The average Bonchev–Trinajstić information content (AvgIpc) is 2.96. The van der Waals surface area contributed by atoms with Gasteiger partial charge < -0.3 is 11.1 Å². The molecule has 1 atom stereocenters. The second kappa shape index (κ2) is 5.04. The Hall–Kier alpha value is -3.41. The van der Waals surface area contributed by atoms with Gasteiger partial charge in [0.1, 0.15) is 11.5 Å². The summed E-state index contributed by atoms with van der Waals surface area (Å²) < 4.78 is 15.6. The minimum atomic E-state index is -0.263. The van der Waals surface area contributed by atoms with Crippen LogP contribution in [-0.2, 0) is 0 Å².